The van der Waals surface area contributed by atoms with Crippen LogP contribution in [0.2, 0.25) is 0 Å². The third-order valence-corrected chi connectivity index (χ3v) is 2.66. The van der Waals surface area contributed by atoms with Gasteiger partial charge in [0.25, 0.3) is 0 Å². The average Bonchev–Trinajstić information content (AvgIpc) is 2.17. The Balaban J connectivity index is 0.000000160. The molecule has 0 unspecified atom stereocenters. The van der Waals surface area contributed by atoms with E-state index in [-0.39, 0.29) is 0 Å². The molecule has 2 fully saturated rings. The monoisotopic (exact) mass is 230 g/mol. The number of nitrogens with one attached hydrogen (secondary N) is 2. The predicted molar refractivity (Wildman–Crippen MR) is 65.8 cm³/mol. The van der Waals surface area contributed by atoms with E-state index >= 15 is 0 Å². The van der Waals surface area contributed by atoms with E-state index in [9.17, 15) is 0 Å². The summed E-state index contributed by atoms with van der Waals surface area (Å²) in [4.78, 5) is 0. The molecular weight excluding hydrogens is 204 g/mol. The molecule has 0 aromatic rings. The van der Waals surface area contributed by atoms with E-state index in [1.165, 1.54) is 0 Å². The smallest absolute Gasteiger partial charge is 0.0675 e. The molecule has 4 nitrogen and oxygen atoms in total. The van der Waals surface area contributed by atoms with Crippen LogP contribution in [0.5, 0.6) is 0 Å². The number of rotatable bonds is 0. The Hall–Kier alpha value is -0.160. The lowest BCUT2D eigenvalue weighted by atomic mass is 10.3. The summed E-state index contributed by atoms with van der Waals surface area (Å²) in [5.41, 5.74) is 0. The van der Waals surface area contributed by atoms with Gasteiger partial charge in [0.2, 0.25) is 0 Å². The van der Waals surface area contributed by atoms with E-state index in [0.29, 0.717) is 24.4 Å². The Morgan fingerprint density at radius 2 is 0.875 bits per heavy atom. The van der Waals surface area contributed by atoms with Crippen molar-refractivity contribution in [3.63, 3.8) is 0 Å². The summed E-state index contributed by atoms with van der Waals surface area (Å²) in [5, 5.41) is 6.52. The summed E-state index contributed by atoms with van der Waals surface area (Å²) in [6.45, 7) is 12.4. The van der Waals surface area contributed by atoms with E-state index in [1.54, 1.807) is 0 Å². The lowest BCUT2D eigenvalue weighted by molar-refractivity contribution is -0.0168. The number of hydrogen-bond donors (Lipinski definition) is 2. The third kappa shape index (κ3) is 5.80. The van der Waals surface area contributed by atoms with Gasteiger partial charge in [-0.25, -0.2) is 0 Å². The topological polar surface area (TPSA) is 42.5 Å². The average molecular weight is 230 g/mol. The molecule has 16 heavy (non-hydrogen) atoms. The van der Waals surface area contributed by atoms with Crippen LogP contribution < -0.4 is 10.6 Å². The minimum atomic E-state index is 0.402. The van der Waals surface area contributed by atoms with Crippen LogP contribution in [0.15, 0.2) is 0 Å². The quantitative estimate of drug-likeness (QED) is 0.645. The molecule has 96 valence electrons. The SMILES string of the molecule is C[C@@H]1CNC[C@@H](C)O1.C[C@H]1CNC[C@H](C)O1. The summed E-state index contributed by atoms with van der Waals surface area (Å²) >= 11 is 0. The number of hydrogen-bond acceptors (Lipinski definition) is 4. The summed E-state index contributed by atoms with van der Waals surface area (Å²) in [6, 6.07) is 0. The molecule has 4 heteroatoms. The summed E-state index contributed by atoms with van der Waals surface area (Å²) in [5.74, 6) is 0. The third-order valence-electron chi connectivity index (χ3n) is 2.66. The standard InChI is InChI=1S/2C6H13NO/c2*1-5-3-7-4-6(2)8-5/h2*5-7H,3-4H2,1-2H3/t2*5-,6-/m10/s1. The van der Waals surface area contributed by atoms with E-state index in [1.807, 2.05) is 0 Å². The van der Waals surface area contributed by atoms with Gasteiger partial charge in [0.05, 0.1) is 24.4 Å². The van der Waals surface area contributed by atoms with Crippen molar-refractivity contribution in [1.29, 1.82) is 0 Å². The lowest BCUT2D eigenvalue weighted by Crippen LogP contribution is -2.41. The molecule has 0 aliphatic carbocycles. The van der Waals surface area contributed by atoms with Gasteiger partial charge in [0.1, 0.15) is 0 Å². The Morgan fingerprint density at radius 3 is 1.00 bits per heavy atom. The van der Waals surface area contributed by atoms with E-state index in [4.69, 9.17) is 9.47 Å². The Bertz CT molecular complexity index is 154. The van der Waals surface area contributed by atoms with Crippen LogP contribution in [0.4, 0.5) is 0 Å². The first-order valence-corrected chi connectivity index (χ1v) is 6.30. The zero-order valence-corrected chi connectivity index (χ0v) is 11.0. The molecule has 2 aliphatic heterocycles. The number of morpholine rings is 2. The minimum absolute atomic E-state index is 0.402. The van der Waals surface area contributed by atoms with Crippen molar-refractivity contribution in [2.24, 2.45) is 0 Å². The van der Waals surface area contributed by atoms with Crippen LogP contribution in [0, 0.1) is 0 Å². The van der Waals surface area contributed by atoms with Crippen LogP contribution in [-0.4, -0.2) is 50.6 Å². The first-order valence-electron chi connectivity index (χ1n) is 6.30. The number of ether oxygens (including phenoxy) is 2. The highest BCUT2D eigenvalue weighted by atomic mass is 16.5. The van der Waals surface area contributed by atoms with Crippen molar-refractivity contribution < 1.29 is 9.47 Å². The van der Waals surface area contributed by atoms with Crippen LogP contribution in [0.25, 0.3) is 0 Å². The minimum Gasteiger partial charge on any atom is -0.373 e. The summed E-state index contributed by atoms with van der Waals surface area (Å²) < 4.78 is 10.8. The highest BCUT2D eigenvalue weighted by Crippen LogP contribution is 2.00. The van der Waals surface area contributed by atoms with Gasteiger partial charge in [0.15, 0.2) is 0 Å². The largest absolute Gasteiger partial charge is 0.373 e. The molecule has 0 spiro atoms. The summed E-state index contributed by atoms with van der Waals surface area (Å²) in [6.07, 6.45) is 1.61. The molecule has 0 aromatic carbocycles. The van der Waals surface area contributed by atoms with Crippen molar-refractivity contribution >= 4 is 0 Å². The van der Waals surface area contributed by atoms with Gasteiger partial charge in [0, 0.05) is 26.2 Å². The normalized spacial score (nSPS) is 39.8. The molecule has 0 radical (unpaired) electrons. The fraction of sp³-hybridized carbons (Fsp3) is 1.00. The van der Waals surface area contributed by atoms with Crippen molar-refractivity contribution in [1.82, 2.24) is 10.6 Å². The molecule has 2 N–H and O–H groups in total. The highest BCUT2D eigenvalue weighted by Gasteiger charge is 2.13. The lowest BCUT2D eigenvalue weighted by Gasteiger charge is -2.25. The van der Waals surface area contributed by atoms with Crippen molar-refractivity contribution in [2.75, 3.05) is 26.2 Å². The molecule has 2 heterocycles. The molecule has 0 aromatic heterocycles. The second-order valence-electron chi connectivity index (χ2n) is 4.83. The molecule has 0 amide bonds. The summed E-state index contributed by atoms with van der Waals surface area (Å²) in [7, 11) is 0. The van der Waals surface area contributed by atoms with Gasteiger partial charge in [-0.15, -0.1) is 0 Å². The Morgan fingerprint density at radius 1 is 0.625 bits per heavy atom. The van der Waals surface area contributed by atoms with Crippen LogP contribution >= 0.6 is 0 Å². The van der Waals surface area contributed by atoms with Gasteiger partial charge >= 0.3 is 0 Å². The van der Waals surface area contributed by atoms with Crippen molar-refractivity contribution in [3.8, 4) is 0 Å². The van der Waals surface area contributed by atoms with Gasteiger partial charge in [-0.2, -0.15) is 0 Å². The second kappa shape index (κ2) is 7.22. The van der Waals surface area contributed by atoms with Gasteiger partial charge in [-0.3, -0.25) is 0 Å². The van der Waals surface area contributed by atoms with E-state index < -0.39 is 0 Å². The van der Waals surface area contributed by atoms with Crippen LogP contribution in [0.3, 0.4) is 0 Å². The predicted octanol–water partition coefficient (Wildman–Crippen LogP) is 0.766. The highest BCUT2D eigenvalue weighted by molar-refractivity contribution is 4.67. The molecule has 0 saturated carbocycles. The molecule has 2 aliphatic rings. The molecule has 2 rings (SSSR count). The maximum Gasteiger partial charge on any atom is 0.0675 e. The Kier molecular flexibility index (Phi) is 6.28. The van der Waals surface area contributed by atoms with Crippen LogP contribution in [0.1, 0.15) is 27.7 Å². The maximum absolute atomic E-state index is 5.42. The fourth-order valence-electron chi connectivity index (χ4n) is 1.97. The van der Waals surface area contributed by atoms with Gasteiger partial charge in [-0.1, -0.05) is 0 Å². The second-order valence-corrected chi connectivity index (χ2v) is 4.83. The zero-order valence-electron chi connectivity index (χ0n) is 11.0. The van der Waals surface area contributed by atoms with Gasteiger partial charge in [-0.05, 0) is 27.7 Å². The molecule has 2 saturated heterocycles. The van der Waals surface area contributed by atoms with Crippen molar-refractivity contribution in [2.45, 2.75) is 52.1 Å². The maximum atomic E-state index is 5.42. The van der Waals surface area contributed by atoms with E-state index in [2.05, 4.69) is 38.3 Å². The first-order chi connectivity index (χ1) is 7.58. The first kappa shape index (κ1) is 13.9. The van der Waals surface area contributed by atoms with Crippen LogP contribution in [-0.2, 0) is 9.47 Å². The van der Waals surface area contributed by atoms with Gasteiger partial charge < -0.3 is 20.1 Å². The zero-order chi connectivity index (χ0) is 12.0. The van der Waals surface area contributed by atoms with E-state index in [0.717, 1.165) is 26.2 Å². The molecular formula is C12H26N2O2. The fourth-order valence-corrected chi connectivity index (χ4v) is 1.97. The van der Waals surface area contributed by atoms with Crippen molar-refractivity contribution in [3.05, 3.63) is 0 Å². The molecule has 4 atom stereocenters. The molecule has 0 bridgehead atoms. The Labute approximate surface area is 99.1 Å².